The van der Waals surface area contributed by atoms with Gasteiger partial charge in [0.15, 0.2) is 11.5 Å². The number of hydrogen-bond acceptors (Lipinski definition) is 3. The van der Waals surface area contributed by atoms with Crippen LogP contribution in [0, 0.1) is 0 Å². The highest BCUT2D eigenvalue weighted by molar-refractivity contribution is 9.10. The van der Waals surface area contributed by atoms with Gasteiger partial charge in [-0.25, -0.2) is 0 Å². The molecule has 0 aliphatic heterocycles. The monoisotopic (exact) mass is 363 g/mol. The van der Waals surface area contributed by atoms with Crippen molar-refractivity contribution in [3.63, 3.8) is 0 Å². The lowest BCUT2D eigenvalue weighted by Gasteiger charge is -2.13. The van der Waals surface area contributed by atoms with Gasteiger partial charge in [0, 0.05) is 16.2 Å². The van der Waals surface area contributed by atoms with Crippen LogP contribution in [0.15, 0.2) is 46.9 Å². The second kappa shape index (κ2) is 7.84. The number of anilines is 1. The Bertz CT molecular complexity index is 658. The highest BCUT2D eigenvalue weighted by Crippen LogP contribution is 2.31. The first kappa shape index (κ1) is 16.4. The summed E-state index contributed by atoms with van der Waals surface area (Å²) in [6.07, 6.45) is 0. The lowest BCUT2D eigenvalue weighted by Crippen LogP contribution is -2.12. The van der Waals surface area contributed by atoms with Gasteiger partial charge in [-0.3, -0.25) is 4.79 Å². The molecule has 0 atom stereocenters. The number of benzene rings is 2. The Labute approximate surface area is 138 Å². The van der Waals surface area contributed by atoms with Crippen LogP contribution in [0.3, 0.4) is 0 Å². The number of ether oxygens (including phenoxy) is 2. The molecule has 0 aliphatic rings. The van der Waals surface area contributed by atoms with E-state index in [-0.39, 0.29) is 5.91 Å². The number of nitrogens with one attached hydrogen (secondary N) is 1. The van der Waals surface area contributed by atoms with Crippen LogP contribution in [0.25, 0.3) is 0 Å². The number of amides is 1. The van der Waals surface area contributed by atoms with Crippen molar-refractivity contribution >= 4 is 27.5 Å². The topological polar surface area (TPSA) is 47.6 Å². The van der Waals surface area contributed by atoms with Crippen molar-refractivity contribution < 1.29 is 14.3 Å². The van der Waals surface area contributed by atoms with Crippen molar-refractivity contribution in [2.75, 3.05) is 18.5 Å². The molecule has 0 radical (unpaired) electrons. The maximum absolute atomic E-state index is 12.3. The molecule has 4 nitrogen and oxygen atoms in total. The van der Waals surface area contributed by atoms with Gasteiger partial charge in [0.05, 0.1) is 18.8 Å². The van der Waals surface area contributed by atoms with Gasteiger partial charge in [-0.05, 0) is 54.0 Å². The van der Waals surface area contributed by atoms with E-state index in [0.29, 0.717) is 36.0 Å². The summed E-state index contributed by atoms with van der Waals surface area (Å²) in [5, 5.41) is 2.86. The molecule has 1 amide bonds. The van der Waals surface area contributed by atoms with Crippen LogP contribution in [-0.4, -0.2) is 19.1 Å². The number of rotatable bonds is 6. The molecule has 0 aliphatic carbocycles. The standard InChI is InChI=1S/C17H18BrNO3/c1-3-21-15-10-9-12(11-16(15)22-4-2)19-17(20)13-7-5-6-8-14(13)18/h5-11H,3-4H2,1-2H3,(H,19,20). The predicted molar refractivity (Wildman–Crippen MR) is 90.9 cm³/mol. The molecule has 0 unspecified atom stereocenters. The Morgan fingerprint density at radius 2 is 1.73 bits per heavy atom. The molecule has 0 saturated heterocycles. The molecule has 2 rings (SSSR count). The molecule has 0 spiro atoms. The van der Waals surface area contributed by atoms with Crippen molar-refractivity contribution in [1.29, 1.82) is 0 Å². The van der Waals surface area contributed by atoms with Gasteiger partial charge < -0.3 is 14.8 Å². The third-order valence-corrected chi connectivity index (χ3v) is 3.61. The molecule has 0 heterocycles. The van der Waals surface area contributed by atoms with Gasteiger partial charge in [-0.1, -0.05) is 12.1 Å². The first-order chi connectivity index (χ1) is 10.7. The SMILES string of the molecule is CCOc1ccc(NC(=O)c2ccccc2Br)cc1OCC. The molecule has 0 bridgehead atoms. The highest BCUT2D eigenvalue weighted by Gasteiger charge is 2.11. The first-order valence-electron chi connectivity index (χ1n) is 7.11. The first-order valence-corrected chi connectivity index (χ1v) is 7.90. The smallest absolute Gasteiger partial charge is 0.256 e. The maximum Gasteiger partial charge on any atom is 0.256 e. The van der Waals surface area contributed by atoms with Crippen molar-refractivity contribution in [3.05, 3.63) is 52.5 Å². The Morgan fingerprint density at radius 1 is 1.05 bits per heavy atom. The third kappa shape index (κ3) is 4.01. The van der Waals surface area contributed by atoms with E-state index >= 15 is 0 Å². The molecule has 5 heteroatoms. The number of halogens is 1. The molecule has 0 aromatic heterocycles. The lowest BCUT2D eigenvalue weighted by atomic mass is 10.2. The van der Waals surface area contributed by atoms with Gasteiger partial charge in [0.2, 0.25) is 0 Å². The molecule has 0 saturated carbocycles. The largest absolute Gasteiger partial charge is 0.490 e. The van der Waals surface area contributed by atoms with E-state index in [1.807, 2.05) is 32.0 Å². The summed E-state index contributed by atoms with van der Waals surface area (Å²) in [4.78, 5) is 12.3. The Hall–Kier alpha value is -2.01. The fourth-order valence-corrected chi connectivity index (χ4v) is 2.44. The predicted octanol–water partition coefficient (Wildman–Crippen LogP) is 4.50. The Kier molecular flexibility index (Phi) is 5.83. The summed E-state index contributed by atoms with van der Waals surface area (Å²) < 4.78 is 11.8. The second-order valence-corrected chi connectivity index (χ2v) is 5.32. The van der Waals surface area contributed by atoms with Crippen molar-refractivity contribution in [2.45, 2.75) is 13.8 Å². The average molecular weight is 364 g/mol. The molecule has 0 fully saturated rings. The molecule has 116 valence electrons. The maximum atomic E-state index is 12.3. The van der Waals surface area contributed by atoms with E-state index in [1.165, 1.54) is 0 Å². The van der Waals surface area contributed by atoms with Crippen LogP contribution in [0.4, 0.5) is 5.69 Å². The molecule has 22 heavy (non-hydrogen) atoms. The fourth-order valence-electron chi connectivity index (χ4n) is 1.97. The quantitative estimate of drug-likeness (QED) is 0.821. The summed E-state index contributed by atoms with van der Waals surface area (Å²) >= 11 is 3.38. The summed E-state index contributed by atoms with van der Waals surface area (Å²) in [6.45, 7) is 4.91. The van der Waals surface area contributed by atoms with E-state index in [4.69, 9.17) is 9.47 Å². The Balaban J connectivity index is 2.21. The van der Waals surface area contributed by atoms with E-state index < -0.39 is 0 Å². The van der Waals surface area contributed by atoms with Crippen molar-refractivity contribution in [2.24, 2.45) is 0 Å². The second-order valence-electron chi connectivity index (χ2n) is 4.46. The lowest BCUT2D eigenvalue weighted by molar-refractivity contribution is 0.102. The molecule has 2 aromatic rings. The third-order valence-electron chi connectivity index (χ3n) is 2.92. The van der Waals surface area contributed by atoms with Crippen LogP contribution in [0.2, 0.25) is 0 Å². The van der Waals surface area contributed by atoms with Crippen LogP contribution >= 0.6 is 15.9 Å². The van der Waals surface area contributed by atoms with Crippen LogP contribution in [-0.2, 0) is 0 Å². The van der Waals surface area contributed by atoms with Gasteiger partial charge >= 0.3 is 0 Å². The van der Waals surface area contributed by atoms with E-state index in [0.717, 1.165) is 4.47 Å². The number of hydrogen-bond donors (Lipinski definition) is 1. The zero-order valence-electron chi connectivity index (χ0n) is 12.6. The Morgan fingerprint density at radius 3 is 2.41 bits per heavy atom. The van der Waals surface area contributed by atoms with Crippen molar-refractivity contribution in [1.82, 2.24) is 0 Å². The molecular weight excluding hydrogens is 346 g/mol. The van der Waals surface area contributed by atoms with Crippen LogP contribution < -0.4 is 14.8 Å². The van der Waals surface area contributed by atoms with E-state index in [2.05, 4.69) is 21.2 Å². The zero-order valence-corrected chi connectivity index (χ0v) is 14.1. The van der Waals surface area contributed by atoms with Gasteiger partial charge in [-0.2, -0.15) is 0 Å². The normalized spacial score (nSPS) is 10.1. The van der Waals surface area contributed by atoms with Crippen LogP contribution in [0.1, 0.15) is 24.2 Å². The van der Waals surface area contributed by atoms with E-state index in [9.17, 15) is 4.79 Å². The van der Waals surface area contributed by atoms with Gasteiger partial charge in [0.25, 0.3) is 5.91 Å². The minimum absolute atomic E-state index is 0.181. The molecule has 2 aromatic carbocycles. The minimum Gasteiger partial charge on any atom is -0.490 e. The summed E-state index contributed by atoms with van der Waals surface area (Å²) in [5.74, 6) is 1.11. The number of carbonyl (C=O) groups excluding carboxylic acids is 1. The zero-order chi connectivity index (χ0) is 15.9. The molecule has 1 N–H and O–H groups in total. The average Bonchev–Trinajstić information content (AvgIpc) is 2.50. The van der Waals surface area contributed by atoms with Gasteiger partial charge in [-0.15, -0.1) is 0 Å². The minimum atomic E-state index is -0.181. The fraction of sp³-hybridized carbons (Fsp3) is 0.235. The molecular formula is C17H18BrNO3. The van der Waals surface area contributed by atoms with Gasteiger partial charge in [0.1, 0.15) is 0 Å². The number of carbonyl (C=O) groups is 1. The summed E-state index contributed by atoms with van der Waals surface area (Å²) in [7, 11) is 0. The van der Waals surface area contributed by atoms with Crippen LogP contribution in [0.5, 0.6) is 11.5 Å². The van der Waals surface area contributed by atoms with Crippen molar-refractivity contribution in [3.8, 4) is 11.5 Å². The summed E-state index contributed by atoms with van der Waals surface area (Å²) in [5.41, 5.74) is 1.24. The van der Waals surface area contributed by atoms with E-state index in [1.54, 1.807) is 24.3 Å². The highest BCUT2D eigenvalue weighted by atomic mass is 79.9. The summed E-state index contributed by atoms with van der Waals surface area (Å²) in [6, 6.07) is 12.6.